The Kier molecular flexibility index (Phi) is 3.62. The van der Waals surface area contributed by atoms with Crippen molar-refractivity contribution in [2.75, 3.05) is 0 Å². The van der Waals surface area contributed by atoms with E-state index in [0.29, 0.717) is 12.1 Å². The van der Waals surface area contributed by atoms with E-state index in [1.807, 2.05) is 19.1 Å². The molecular weight excluding hydrogens is 233 g/mol. The van der Waals surface area contributed by atoms with Gasteiger partial charge in [0.15, 0.2) is 0 Å². The van der Waals surface area contributed by atoms with E-state index in [4.69, 9.17) is 0 Å². The smallest absolute Gasteiger partial charge is 0.253 e. The van der Waals surface area contributed by atoms with Gasteiger partial charge in [-0.15, -0.1) is 0 Å². The van der Waals surface area contributed by atoms with Gasteiger partial charge in [0.1, 0.15) is 0 Å². The molecule has 0 fully saturated rings. The van der Waals surface area contributed by atoms with Gasteiger partial charge in [-0.05, 0) is 30.7 Å². The number of aryl methyl sites for hydroxylation is 1. The molecule has 2 heterocycles. The first-order valence-corrected chi connectivity index (χ1v) is 5.47. The lowest BCUT2D eigenvalue weighted by atomic mass is 10.2. The summed E-state index contributed by atoms with van der Waals surface area (Å²) in [6.07, 6.45) is 2.88. The SMILES string of the molecule is Cc1cccnc1CNC(=O)c1ccc(F)nc1. The Labute approximate surface area is 104 Å². The number of hydrogen-bond donors (Lipinski definition) is 1. The monoisotopic (exact) mass is 245 g/mol. The third-order valence-electron chi connectivity index (χ3n) is 2.52. The standard InChI is InChI=1S/C13H12FN3O/c1-9-3-2-6-15-11(9)8-17-13(18)10-4-5-12(14)16-7-10/h2-7H,8H2,1H3,(H,17,18). The van der Waals surface area contributed by atoms with Crippen LogP contribution in [0.25, 0.3) is 0 Å². The molecule has 92 valence electrons. The van der Waals surface area contributed by atoms with E-state index in [0.717, 1.165) is 17.3 Å². The normalized spacial score (nSPS) is 10.1. The molecule has 0 radical (unpaired) electrons. The van der Waals surface area contributed by atoms with Gasteiger partial charge in [0.25, 0.3) is 5.91 Å². The van der Waals surface area contributed by atoms with Gasteiger partial charge >= 0.3 is 0 Å². The molecule has 0 atom stereocenters. The highest BCUT2D eigenvalue weighted by Gasteiger charge is 2.07. The number of pyridine rings is 2. The van der Waals surface area contributed by atoms with E-state index in [-0.39, 0.29) is 5.91 Å². The van der Waals surface area contributed by atoms with E-state index < -0.39 is 5.95 Å². The summed E-state index contributed by atoms with van der Waals surface area (Å²) in [5.74, 6) is -0.903. The number of nitrogens with one attached hydrogen (secondary N) is 1. The predicted octanol–water partition coefficient (Wildman–Crippen LogP) is 1.85. The van der Waals surface area contributed by atoms with Gasteiger partial charge in [0.05, 0.1) is 17.8 Å². The molecule has 0 aliphatic heterocycles. The van der Waals surface area contributed by atoms with Crippen molar-refractivity contribution < 1.29 is 9.18 Å². The first kappa shape index (κ1) is 12.2. The van der Waals surface area contributed by atoms with Crippen LogP contribution in [0.1, 0.15) is 21.6 Å². The van der Waals surface area contributed by atoms with Gasteiger partial charge in [-0.25, -0.2) is 4.98 Å². The number of amides is 1. The maximum absolute atomic E-state index is 12.6. The van der Waals surface area contributed by atoms with Crippen LogP contribution in [0.5, 0.6) is 0 Å². The van der Waals surface area contributed by atoms with E-state index in [1.54, 1.807) is 6.20 Å². The molecule has 4 nitrogen and oxygen atoms in total. The lowest BCUT2D eigenvalue weighted by Gasteiger charge is -2.06. The summed E-state index contributed by atoms with van der Waals surface area (Å²) >= 11 is 0. The third kappa shape index (κ3) is 2.88. The van der Waals surface area contributed by atoms with Gasteiger partial charge in [-0.2, -0.15) is 4.39 Å². The van der Waals surface area contributed by atoms with Crippen molar-refractivity contribution in [2.24, 2.45) is 0 Å². The number of nitrogens with zero attached hydrogens (tertiary/aromatic N) is 2. The van der Waals surface area contributed by atoms with Crippen molar-refractivity contribution in [2.45, 2.75) is 13.5 Å². The van der Waals surface area contributed by atoms with E-state index in [1.165, 1.54) is 12.3 Å². The quantitative estimate of drug-likeness (QED) is 0.840. The van der Waals surface area contributed by atoms with Crippen LogP contribution in [-0.4, -0.2) is 15.9 Å². The summed E-state index contributed by atoms with van der Waals surface area (Å²) in [4.78, 5) is 19.3. The van der Waals surface area contributed by atoms with Crippen molar-refractivity contribution in [3.8, 4) is 0 Å². The lowest BCUT2D eigenvalue weighted by molar-refractivity contribution is 0.0950. The molecular formula is C13H12FN3O. The molecule has 2 aromatic rings. The minimum Gasteiger partial charge on any atom is -0.346 e. The number of carbonyl (C=O) groups is 1. The molecule has 0 aliphatic carbocycles. The van der Waals surface area contributed by atoms with Crippen molar-refractivity contribution in [1.29, 1.82) is 0 Å². The second kappa shape index (κ2) is 5.35. The highest BCUT2D eigenvalue weighted by molar-refractivity contribution is 5.93. The molecule has 0 spiro atoms. The topological polar surface area (TPSA) is 54.9 Å². The molecule has 2 aromatic heterocycles. The Morgan fingerprint density at radius 3 is 2.83 bits per heavy atom. The molecule has 0 saturated heterocycles. The highest BCUT2D eigenvalue weighted by Crippen LogP contribution is 2.04. The Morgan fingerprint density at radius 2 is 2.17 bits per heavy atom. The number of rotatable bonds is 3. The number of hydrogen-bond acceptors (Lipinski definition) is 3. The number of halogens is 1. The zero-order valence-corrected chi connectivity index (χ0v) is 9.85. The van der Waals surface area contributed by atoms with Gasteiger partial charge in [-0.1, -0.05) is 6.07 Å². The molecule has 5 heteroatoms. The highest BCUT2D eigenvalue weighted by atomic mass is 19.1. The van der Waals surface area contributed by atoms with Crippen molar-refractivity contribution in [3.05, 3.63) is 59.4 Å². The van der Waals surface area contributed by atoms with Crippen molar-refractivity contribution >= 4 is 5.91 Å². The fraction of sp³-hybridized carbons (Fsp3) is 0.154. The average molecular weight is 245 g/mol. The molecule has 0 bridgehead atoms. The second-order valence-corrected chi connectivity index (χ2v) is 3.82. The van der Waals surface area contributed by atoms with Crippen LogP contribution in [0.3, 0.4) is 0 Å². The fourth-order valence-corrected chi connectivity index (χ4v) is 1.48. The van der Waals surface area contributed by atoms with Crippen LogP contribution in [-0.2, 0) is 6.54 Å². The zero-order chi connectivity index (χ0) is 13.0. The molecule has 18 heavy (non-hydrogen) atoms. The third-order valence-corrected chi connectivity index (χ3v) is 2.52. The summed E-state index contributed by atoms with van der Waals surface area (Å²) in [7, 11) is 0. The molecule has 1 amide bonds. The van der Waals surface area contributed by atoms with Gasteiger partial charge in [0, 0.05) is 12.4 Å². The molecule has 0 saturated carbocycles. The molecule has 0 aliphatic rings. The average Bonchev–Trinajstić information content (AvgIpc) is 2.38. The zero-order valence-electron chi connectivity index (χ0n) is 9.85. The predicted molar refractivity (Wildman–Crippen MR) is 64.3 cm³/mol. The Morgan fingerprint density at radius 1 is 1.33 bits per heavy atom. The Balaban J connectivity index is 2.01. The number of carbonyl (C=O) groups excluding carboxylic acids is 1. The van der Waals surface area contributed by atoms with Gasteiger partial charge in [-0.3, -0.25) is 9.78 Å². The molecule has 0 aromatic carbocycles. The largest absolute Gasteiger partial charge is 0.346 e. The van der Waals surface area contributed by atoms with Crippen LogP contribution in [0, 0.1) is 12.9 Å². The summed E-state index contributed by atoms with van der Waals surface area (Å²) in [5, 5.41) is 2.71. The Bertz CT molecular complexity index is 554. The van der Waals surface area contributed by atoms with Crippen molar-refractivity contribution in [1.82, 2.24) is 15.3 Å². The summed E-state index contributed by atoms with van der Waals surface area (Å²) in [5.41, 5.74) is 2.14. The molecule has 2 rings (SSSR count). The van der Waals surface area contributed by atoms with E-state index in [9.17, 15) is 9.18 Å². The molecule has 1 N–H and O–H groups in total. The second-order valence-electron chi connectivity index (χ2n) is 3.82. The first-order chi connectivity index (χ1) is 8.66. The minimum atomic E-state index is -0.605. The summed E-state index contributed by atoms with van der Waals surface area (Å²) in [6, 6.07) is 6.31. The first-order valence-electron chi connectivity index (χ1n) is 5.47. The lowest BCUT2D eigenvalue weighted by Crippen LogP contribution is -2.23. The Hall–Kier alpha value is -2.30. The van der Waals surface area contributed by atoms with Crippen molar-refractivity contribution in [3.63, 3.8) is 0 Å². The van der Waals surface area contributed by atoms with Crippen LogP contribution in [0.2, 0.25) is 0 Å². The summed E-state index contributed by atoms with van der Waals surface area (Å²) < 4.78 is 12.6. The van der Waals surface area contributed by atoms with Crippen LogP contribution in [0.4, 0.5) is 4.39 Å². The molecule has 0 unspecified atom stereocenters. The van der Waals surface area contributed by atoms with E-state index >= 15 is 0 Å². The van der Waals surface area contributed by atoms with Crippen LogP contribution >= 0.6 is 0 Å². The van der Waals surface area contributed by atoms with Gasteiger partial charge < -0.3 is 5.32 Å². The maximum Gasteiger partial charge on any atom is 0.253 e. The van der Waals surface area contributed by atoms with E-state index in [2.05, 4.69) is 15.3 Å². The number of aromatic nitrogens is 2. The van der Waals surface area contributed by atoms with Crippen LogP contribution < -0.4 is 5.32 Å². The maximum atomic E-state index is 12.6. The van der Waals surface area contributed by atoms with Gasteiger partial charge in [0.2, 0.25) is 5.95 Å². The fourth-order valence-electron chi connectivity index (χ4n) is 1.48. The summed E-state index contributed by atoms with van der Waals surface area (Å²) in [6.45, 7) is 2.26. The van der Waals surface area contributed by atoms with Crippen LogP contribution in [0.15, 0.2) is 36.7 Å². The minimum absolute atomic E-state index is 0.299.